The second kappa shape index (κ2) is 6.82. The molecule has 2 saturated heterocycles. The molecule has 2 heterocycles. The van der Waals surface area contributed by atoms with Gasteiger partial charge >= 0.3 is 13.2 Å². The van der Waals surface area contributed by atoms with E-state index >= 15 is 0 Å². The molecule has 1 atom stereocenters. The van der Waals surface area contributed by atoms with Crippen LogP contribution in [0.25, 0.3) is 0 Å². The Morgan fingerprint density at radius 2 is 1.74 bits per heavy atom. The summed E-state index contributed by atoms with van der Waals surface area (Å²) in [4.78, 5) is 14.2. The maximum absolute atomic E-state index is 12.4. The van der Waals surface area contributed by atoms with Crippen LogP contribution in [0.2, 0.25) is 0 Å². The van der Waals surface area contributed by atoms with E-state index in [1.165, 1.54) is 5.56 Å². The standard InChI is InChI=1S/C21H32BNO4/c1-19(2,3)25-18(24)23-13-12-15(14-23)16-10-8-9-11-17(16)22-26-20(4,5)21(6,7)27-22/h8-11,15H,12-14H2,1-7H3. The number of carbonyl (C=O) groups excluding carboxylic acids is 1. The van der Waals surface area contributed by atoms with Gasteiger partial charge in [0.05, 0.1) is 11.2 Å². The van der Waals surface area contributed by atoms with Crippen LogP contribution in [-0.4, -0.2) is 48.0 Å². The van der Waals surface area contributed by atoms with Crippen LogP contribution in [0.4, 0.5) is 4.79 Å². The van der Waals surface area contributed by atoms with Crippen molar-refractivity contribution < 1.29 is 18.8 Å². The minimum Gasteiger partial charge on any atom is -0.444 e. The molecule has 5 nitrogen and oxygen atoms in total. The highest BCUT2D eigenvalue weighted by Crippen LogP contribution is 2.37. The van der Waals surface area contributed by atoms with Gasteiger partial charge in [0.2, 0.25) is 0 Å². The zero-order valence-corrected chi connectivity index (χ0v) is 17.7. The number of hydrogen-bond acceptors (Lipinski definition) is 4. The van der Waals surface area contributed by atoms with E-state index < -0.39 is 5.60 Å². The highest BCUT2D eigenvalue weighted by Gasteiger charge is 2.52. The molecule has 1 unspecified atom stereocenters. The Balaban J connectivity index is 1.77. The lowest BCUT2D eigenvalue weighted by Gasteiger charge is -2.32. The van der Waals surface area contributed by atoms with Gasteiger partial charge in [-0.05, 0) is 65.9 Å². The van der Waals surface area contributed by atoms with Gasteiger partial charge in [0.1, 0.15) is 5.60 Å². The van der Waals surface area contributed by atoms with Crippen LogP contribution < -0.4 is 5.46 Å². The molecule has 6 heteroatoms. The van der Waals surface area contributed by atoms with Crippen molar-refractivity contribution in [1.29, 1.82) is 0 Å². The second-order valence-electron chi connectivity index (χ2n) is 9.63. The second-order valence-corrected chi connectivity index (χ2v) is 9.63. The van der Waals surface area contributed by atoms with Gasteiger partial charge in [-0.25, -0.2) is 4.79 Å². The number of rotatable bonds is 2. The summed E-state index contributed by atoms with van der Waals surface area (Å²) in [7, 11) is -0.387. The third-order valence-electron chi connectivity index (χ3n) is 5.78. The summed E-state index contributed by atoms with van der Waals surface area (Å²) >= 11 is 0. The lowest BCUT2D eigenvalue weighted by Crippen LogP contribution is -2.41. The molecule has 2 aliphatic heterocycles. The third-order valence-corrected chi connectivity index (χ3v) is 5.78. The number of hydrogen-bond donors (Lipinski definition) is 0. The number of likely N-dealkylation sites (tertiary alicyclic amines) is 1. The van der Waals surface area contributed by atoms with Crippen LogP contribution in [0.5, 0.6) is 0 Å². The van der Waals surface area contributed by atoms with E-state index in [2.05, 4.69) is 39.8 Å². The molecular weight excluding hydrogens is 341 g/mol. The molecule has 2 fully saturated rings. The van der Waals surface area contributed by atoms with E-state index in [4.69, 9.17) is 14.0 Å². The predicted octanol–water partition coefficient (Wildman–Crippen LogP) is 3.71. The predicted molar refractivity (Wildman–Crippen MR) is 107 cm³/mol. The summed E-state index contributed by atoms with van der Waals surface area (Å²) in [6.07, 6.45) is 0.675. The molecule has 0 aliphatic carbocycles. The van der Waals surface area contributed by atoms with Crippen molar-refractivity contribution >= 4 is 18.7 Å². The van der Waals surface area contributed by atoms with E-state index in [0.29, 0.717) is 13.1 Å². The first kappa shape index (κ1) is 20.2. The summed E-state index contributed by atoms with van der Waals surface area (Å²) in [5.74, 6) is 0.257. The van der Waals surface area contributed by atoms with Crippen LogP contribution in [0.3, 0.4) is 0 Å². The van der Waals surface area contributed by atoms with E-state index in [0.717, 1.165) is 11.9 Å². The number of amides is 1. The summed E-state index contributed by atoms with van der Waals surface area (Å²) in [6.45, 7) is 15.3. The molecule has 0 aromatic heterocycles. The van der Waals surface area contributed by atoms with E-state index in [-0.39, 0.29) is 30.3 Å². The molecule has 2 aliphatic rings. The van der Waals surface area contributed by atoms with E-state index in [1.807, 2.05) is 32.9 Å². The van der Waals surface area contributed by atoms with Gasteiger partial charge in [-0.1, -0.05) is 24.3 Å². The maximum Gasteiger partial charge on any atom is 0.495 e. The van der Waals surface area contributed by atoms with Gasteiger partial charge in [-0.2, -0.15) is 0 Å². The molecular formula is C21H32BNO4. The minimum absolute atomic E-state index is 0.238. The van der Waals surface area contributed by atoms with Crippen molar-refractivity contribution in [2.24, 2.45) is 0 Å². The van der Waals surface area contributed by atoms with Gasteiger partial charge in [0.25, 0.3) is 0 Å². The van der Waals surface area contributed by atoms with E-state index in [1.54, 1.807) is 4.90 Å². The molecule has 3 rings (SSSR count). The summed E-state index contributed by atoms with van der Waals surface area (Å²) in [5.41, 5.74) is 1.04. The van der Waals surface area contributed by atoms with Crippen LogP contribution in [0, 0.1) is 0 Å². The Bertz CT molecular complexity index is 694. The first-order chi connectivity index (χ1) is 12.4. The number of nitrogens with zero attached hydrogens (tertiary/aromatic N) is 1. The molecule has 1 aromatic rings. The van der Waals surface area contributed by atoms with Crippen molar-refractivity contribution in [2.45, 2.75) is 77.6 Å². The number of ether oxygens (including phenoxy) is 1. The monoisotopic (exact) mass is 373 g/mol. The molecule has 1 aromatic carbocycles. The molecule has 0 saturated carbocycles. The normalized spacial score (nSPS) is 24.3. The smallest absolute Gasteiger partial charge is 0.444 e. The van der Waals surface area contributed by atoms with Crippen molar-refractivity contribution in [3.63, 3.8) is 0 Å². The summed E-state index contributed by atoms with van der Waals surface area (Å²) < 4.78 is 18.1. The zero-order valence-electron chi connectivity index (χ0n) is 17.7. The van der Waals surface area contributed by atoms with Crippen molar-refractivity contribution in [3.8, 4) is 0 Å². The first-order valence-corrected chi connectivity index (χ1v) is 9.82. The Morgan fingerprint density at radius 3 is 2.33 bits per heavy atom. The lowest BCUT2D eigenvalue weighted by atomic mass is 9.73. The van der Waals surface area contributed by atoms with Gasteiger partial charge < -0.3 is 18.9 Å². The van der Waals surface area contributed by atoms with Crippen LogP contribution in [-0.2, 0) is 14.0 Å². The zero-order chi connectivity index (χ0) is 20.0. The van der Waals surface area contributed by atoms with Crippen molar-refractivity contribution in [1.82, 2.24) is 4.90 Å². The molecule has 0 N–H and O–H groups in total. The highest BCUT2D eigenvalue weighted by atomic mass is 16.7. The number of benzene rings is 1. The van der Waals surface area contributed by atoms with Gasteiger partial charge in [0, 0.05) is 19.0 Å². The fraction of sp³-hybridized carbons (Fsp3) is 0.667. The Labute approximate surface area is 163 Å². The fourth-order valence-corrected chi connectivity index (χ4v) is 3.57. The Kier molecular flexibility index (Phi) is 5.11. The molecule has 0 bridgehead atoms. The van der Waals surface area contributed by atoms with Crippen molar-refractivity contribution in [3.05, 3.63) is 29.8 Å². The van der Waals surface area contributed by atoms with Crippen molar-refractivity contribution in [2.75, 3.05) is 13.1 Å². The van der Waals surface area contributed by atoms with E-state index in [9.17, 15) is 4.79 Å². The average Bonchev–Trinajstić information content (AvgIpc) is 3.09. The van der Waals surface area contributed by atoms with Crippen LogP contribution in [0.15, 0.2) is 24.3 Å². The van der Waals surface area contributed by atoms with Crippen LogP contribution in [0.1, 0.15) is 66.4 Å². The Hall–Kier alpha value is -1.53. The molecule has 0 radical (unpaired) electrons. The topological polar surface area (TPSA) is 48.0 Å². The van der Waals surface area contributed by atoms with Gasteiger partial charge in [0.15, 0.2) is 0 Å². The highest BCUT2D eigenvalue weighted by molar-refractivity contribution is 6.62. The Morgan fingerprint density at radius 1 is 1.15 bits per heavy atom. The minimum atomic E-state index is -0.476. The summed E-state index contributed by atoms with van der Waals surface area (Å²) in [5, 5.41) is 0. The molecule has 27 heavy (non-hydrogen) atoms. The quantitative estimate of drug-likeness (QED) is 0.742. The number of carbonyl (C=O) groups is 1. The average molecular weight is 373 g/mol. The lowest BCUT2D eigenvalue weighted by molar-refractivity contribution is 0.00578. The van der Waals surface area contributed by atoms with Gasteiger partial charge in [-0.3, -0.25) is 0 Å². The summed E-state index contributed by atoms with van der Waals surface area (Å²) in [6, 6.07) is 8.27. The first-order valence-electron chi connectivity index (χ1n) is 9.82. The fourth-order valence-electron chi connectivity index (χ4n) is 3.57. The largest absolute Gasteiger partial charge is 0.495 e. The molecule has 148 valence electrons. The maximum atomic E-state index is 12.4. The van der Waals surface area contributed by atoms with Crippen LogP contribution >= 0.6 is 0 Å². The van der Waals surface area contributed by atoms with Gasteiger partial charge in [-0.15, -0.1) is 0 Å². The third kappa shape index (κ3) is 4.17. The molecule has 1 amide bonds. The molecule has 0 spiro atoms. The SMILES string of the molecule is CC(C)(C)OC(=O)N1CCC(c2ccccc2B2OC(C)(C)C(C)(C)O2)C1.